The minimum absolute atomic E-state index is 0.179. The second kappa shape index (κ2) is 4.12. The second-order valence-corrected chi connectivity index (χ2v) is 2.00. The summed E-state index contributed by atoms with van der Waals surface area (Å²) in [6.07, 6.45) is 1.45. The first-order valence-corrected chi connectivity index (χ1v) is 3.32. The monoisotopic (exact) mass is 158 g/mol. The van der Waals surface area contributed by atoms with Gasteiger partial charge >= 0.3 is 0 Å². The largest absolute Gasteiger partial charge is 0.384 e. The van der Waals surface area contributed by atoms with Crippen LogP contribution < -0.4 is 0 Å². The summed E-state index contributed by atoms with van der Waals surface area (Å²) in [6.45, 7) is -0.179. The van der Waals surface area contributed by atoms with Crippen LogP contribution in [0, 0.1) is 23.2 Å². The fraction of sp³-hybridized carbons (Fsp3) is 0.111. The van der Waals surface area contributed by atoms with Crippen molar-refractivity contribution < 1.29 is 5.11 Å². The van der Waals surface area contributed by atoms with Gasteiger partial charge in [0.2, 0.25) is 0 Å². The SMILES string of the molecule is N#Cc1ccc(C#CCO)nc1. The molecule has 3 nitrogen and oxygen atoms in total. The van der Waals surface area contributed by atoms with Gasteiger partial charge in [0.25, 0.3) is 0 Å². The highest BCUT2D eigenvalue weighted by Gasteiger charge is 1.89. The van der Waals surface area contributed by atoms with Crippen LogP contribution in [0.2, 0.25) is 0 Å². The molecule has 1 aromatic heterocycles. The van der Waals surface area contributed by atoms with Crippen molar-refractivity contribution in [3.05, 3.63) is 29.6 Å². The van der Waals surface area contributed by atoms with E-state index in [4.69, 9.17) is 10.4 Å². The first-order chi connectivity index (χ1) is 5.86. The number of aliphatic hydroxyl groups excluding tert-OH is 1. The Morgan fingerprint density at radius 3 is 2.83 bits per heavy atom. The Morgan fingerprint density at radius 2 is 2.33 bits per heavy atom. The summed E-state index contributed by atoms with van der Waals surface area (Å²) < 4.78 is 0. The molecule has 1 rings (SSSR count). The predicted octanol–water partition coefficient (Wildman–Crippen LogP) is 0.297. The summed E-state index contributed by atoms with van der Waals surface area (Å²) in [5, 5.41) is 16.8. The fourth-order valence-corrected chi connectivity index (χ4v) is 0.664. The molecule has 58 valence electrons. The average molecular weight is 158 g/mol. The van der Waals surface area contributed by atoms with Gasteiger partial charge in [-0.3, -0.25) is 0 Å². The average Bonchev–Trinajstić information content (AvgIpc) is 2.15. The van der Waals surface area contributed by atoms with Crippen LogP contribution in [0.5, 0.6) is 0 Å². The normalized spacial score (nSPS) is 8.00. The Kier molecular flexibility index (Phi) is 2.84. The van der Waals surface area contributed by atoms with Gasteiger partial charge in [0.1, 0.15) is 18.4 Å². The molecule has 0 aliphatic carbocycles. The van der Waals surface area contributed by atoms with Gasteiger partial charge in [0, 0.05) is 6.20 Å². The number of aromatic nitrogens is 1. The second-order valence-electron chi connectivity index (χ2n) is 2.00. The lowest BCUT2D eigenvalue weighted by atomic mass is 10.3. The van der Waals surface area contributed by atoms with Gasteiger partial charge in [0.15, 0.2) is 0 Å². The molecule has 0 saturated heterocycles. The van der Waals surface area contributed by atoms with Crippen LogP contribution >= 0.6 is 0 Å². The van der Waals surface area contributed by atoms with E-state index < -0.39 is 0 Å². The number of nitriles is 1. The molecule has 1 aromatic rings. The van der Waals surface area contributed by atoms with Crippen molar-refractivity contribution in [3.63, 3.8) is 0 Å². The molecule has 0 aliphatic heterocycles. The zero-order valence-corrected chi connectivity index (χ0v) is 6.28. The third-order valence-electron chi connectivity index (χ3n) is 1.19. The molecule has 0 bridgehead atoms. The summed E-state index contributed by atoms with van der Waals surface area (Å²) in [5.41, 5.74) is 1.06. The Morgan fingerprint density at radius 1 is 1.50 bits per heavy atom. The van der Waals surface area contributed by atoms with Crippen LogP contribution in [0.15, 0.2) is 18.3 Å². The van der Waals surface area contributed by atoms with Crippen LogP contribution in [0.25, 0.3) is 0 Å². The first kappa shape index (κ1) is 8.26. The molecule has 0 aromatic carbocycles. The minimum Gasteiger partial charge on any atom is -0.384 e. The van der Waals surface area contributed by atoms with Crippen molar-refractivity contribution in [1.82, 2.24) is 4.98 Å². The highest BCUT2D eigenvalue weighted by Crippen LogP contribution is 1.96. The van der Waals surface area contributed by atoms with Gasteiger partial charge in [-0.25, -0.2) is 4.98 Å². The molecular formula is C9H6N2O. The zero-order chi connectivity index (χ0) is 8.81. The minimum atomic E-state index is -0.179. The van der Waals surface area contributed by atoms with E-state index in [0.717, 1.165) is 0 Å². The van der Waals surface area contributed by atoms with Gasteiger partial charge < -0.3 is 5.11 Å². The number of nitrogens with zero attached hydrogens (tertiary/aromatic N) is 2. The van der Waals surface area contributed by atoms with Crippen LogP contribution in [0.4, 0.5) is 0 Å². The molecule has 0 unspecified atom stereocenters. The van der Waals surface area contributed by atoms with Crippen molar-refractivity contribution in [2.75, 3.05) is 6.61 Å². The number of pyridine rings is 1. The summed E-state index contributed by atoms with van der Waals surface area (Å²) in [6, 6.07) is 5.22. The van der Waals surface area contributed by atoms with Crippen molar-refractivity contribution in [3.8, 4) is 17.9 Å². The molecule has 0 atom stereocenters. The number of hydrogen-bond acceptors (Lipinski definition) is 3. The van der Waals surface area contributed by atoms with Crippen LogP contribution in [0.3, 0.4) is 0 Å². The molecule has 0 fully saturated rings. The summed E-state index contributed by atoms with van der Waals surface area (Å²) in [7, 11) is 0. The Bertz CT molecular complexity index is 351. The van der Waals surface area contributed by atoms with Crippen LogP contribution in [0.1, 0.15) is 11.3 Å². The Hall–Kier alpha value is -1.84. The summed E-state index contributed by atoms with van der Waals surface area (Å²) >= 11 is 0. The van der Waals surface area contributed by atoms with E-state index in [9.17, 15) is 0 Å². The molecule has 3 heteroatoms. The summed E-state index contributed by atoms with van der Waals surface area (Å²) in [4.78, 5) is 3.88. The van der Waals surface area contributed by atoms with Crippen molar-refractivity contribution >= 4 is 0 Å². The van der Waals surface area contributed by atoms with Crippen molar-refractivity contribution in [2.45, 2.75) is 0 Å². The maximum atomic E-state index is 8.44. The number of hydrogen-bond donors (Lipinski definition) is 1. The van der Waals surface area contributed by atoms with E-state index >= 15 is 0 Å². The van der Waals surface area contributed by atoms with Gasteiger partial charge in [0.05, 0.1) is 5.56 Å². The number of aliphatic hydroxyl groups is 1. The van der Waals surface area contributed by atoms with E-state index in [1.54, 1.807) is 12.1 Å². The fourth-order valence-electron chi connectivity index (χ4n) is 0.664. The third kappa shape index (κ3) is 2.09. The highest BCUT2D eigenvalue weighted by molar-refractivity contribution is 5.33. The van der Waals surface area contributed by atoms with Crippen molar-refractivity contribution in [1.29, 1.82) is 5.26 Å². The van der Waals surface area contributed by atoms with Gasteiger partial charge in [-0.2, -0.15) is 5.26 Å². The lowest BCUT2D eigenvalue weighted by Crippen LogP contribution is -1.83. The molecule has 0 spiro atoms. The standard InChI is InChI=1S/C9H6N2O/c10-6-8-3-4-9(11-7-8)2-1-5-12/h3-4,7,12H,5H2. The Balaban J connectivity index is 2.87. The molecule has 12 heavy (non-hydrogen) atoms. The maximum absolute atomic E-state index is 8.44. The molecule has 1 N–H and O–H groups in total. The summed E-state index contributed by atoms with van der Waals surface area (Å²) in [5.74, 6) is 5.09. The number of rotatable bonds is 0. The third-order valence-corrected chi connectivity index (χ3v) is 1.19. The van der Waals surface area contributed by atoms with Gasteiger partial charge in [-0.15, -0.1) is 0 Å². The van der Waals surface area contributed by atoms with Gasteiger partial charge in [-0.1, -0.05) is 5.92 Å². The molecule has 0 saturated carbocycles. The van der Waals surface area contributed by atoms with E-state index in [1.807, 2.05) is 6.07 Å². The smallest absolute Gasteiger partial charge is 0.113 e. The molecule has 0 aliphatic rings. The van der Waals surface area contributed by atoms with E-state index in [1.165, 1.54) is 6.20 Å². The van der Waals surface area contributed by atoms with E-state index in [0.29, 0.717) is 11.3 Å². The van der Waals surface area contributed by atoms with E-state index in [2.05, 4.69) is 16.8 Å². The van der Waals surface area contributed by atoms with Crippen LogP contribution in [-0.4, -0.2) is 16.7 Å². The first-order valence-electron chi connectivity index (χ1n) is 3.32. The molecular weight excluding hydrogens is 152 g/mol. The quantitative estimate of drug-likeness (QED) is 0.552. The highest BCUT2D eigenvalue weighted by atomic mass is 16.2. The molecule has 1 heterocycles. The van der Waals surface area contributed by atoms with Gasteiger partial charge in [-0.05, 0) is 18.1 Å². The predicted molar refractivity (Wildman–Crippen MR) is 42.9 cm³/mol. The van der Waals surface area contributed by atoms with Crippen molar-refractivity contribution in [2.24, 2.45) is 0 Å². The van der Waals surface area contributed by atoms with Crippen LogP contribution in [-0.2, 0) is 0 Å². The molecule has 0 amide bonds. The molecule has 0 radical (unpaired) electrons. The lowest BCUT2D eigenvalue weighted by molar-refractivity contribution is 0.350. The maximum Gasteiger partial charge on any atom is 0.113 e. The zero-order valence-electron chi connectivity index (χ0n) is 6.28. The lowest BCUT2D eigenvalue weighted by Gasteiger charge is -1.87. The Labute approximate surface area is 70.3 Å². The topological polar surface area (TPSA) is 56.9 Å². The van der Waals surface area contributed by atoms with E-state index in [-0.39, 0.29) is 6.61 Å².